The monoisotopic (exact) mass is 321 g/mol. The minimum absolute atomic E-state index is 0.0403. The van der Waals surface area contributed by atoms with Crippen LogP contribution in [0.3, 0.4) is 0 Å². The van der Waals surface area contributed by atoms with E-state index in [4.69, 9.17) is 4.74 Å². The Kier molecular flexibility index (Phi) is 5.30. The molecule has 2 aliphatic rings. The molecule has 0 spiro atoms. The molecule has 0 atom stereocenters. The first-order valence-corrected chi connectivity index (χ1v) is 8.44. The second-order valence-corrected chi connectivity index (χ2v) is 6.44. The summed E-state index contributed by atoms with van der Waals surface area (Å²) >= 11 is 0. The molecule has 1 aromatic heterocycles. The van der Waals surface area contributed by atoms with Crippen molar-refractivity contribution in [3.05, 3.63) is 17.7 Å². The van der Waals surface area contributed by atoms with Gasteiger partial charge in [-0.25, -0.2) is 4.98 Å². The molecule has 0 radical (unpaired) electrons. The predicted molar refractivity (Wildman–Crippen MR) is 87.4 cm³/mol. The van der Waals surface area contributed by atoms with E-state index in [9.17, 15) is 4.79 Å². The SMILES string of the molecule is COCCN(C(=O)c1cn2c(n1)CNCC2)C1CCN(C)CC1. The Hall–Kier alpha value is -1.44. The number of hydrogen-bond donors (Lipinski definition) is 1. The molecule has 0 bridgehead atoms. The normalized spacial score (nSPS) is 19.6. The summed E-state index contributed by atoms with van der Waals surface area (Å²) in [6, 6.07) is 0.283. The fourth-order valence-corrected chi connectivity index (χ4v) is 3.39. The van der Waals surface area contributed by atoms with Crippen LogP contribution < -0.4 is 5.32 Å². The number of rotatable bonds is 5. The number of hydrogen-bond acceptors (Lipinski definition) is 5. The number of fused-ring (bicyclic) bond motifs is 1. The van der Waals surface area contributed by atoms with Gasteiger partial charge in [-0.05, 0) is 33.0 Å². The lowest BCUT2D eigenvalue weighted by Crippen LogP contribution is -2.47. The van der Waals surface area contributed by atoms with Crippen molar-refractivity contribution in [3.8, 4) is 0 Å². The molecule has 7 heteroatoms. The van der Waals surface area contributed by atoms with Crippen molar-refractivity contribution in [1.82, 2.24) is 24.7 Å². The van der Waals surface area contributed by atoms with Crippen molar-refractivity contribution < 1.29 is 9.53 Å². The Bertz CT molecular complexity index is 513. The number of piperidine rings is 1. The van der Waals surface area contributed by atoms with Gasteiger partial charge in [-0.1, -0.05) is 0 Å². The molecule has 3 heterocycles. The lowest BCUT2D eigenvalue weighted by atomic mass is 10.0. The molecule has 0 unspecified atom stereocenters. The van der Waals surface area contributed by atoms with E-state index >= 15 is 0 Å². The van der Waals surface area contributed by atoms with Crippen molar-refractivity contribution in [1.29, 1.82) is 0 Å². The maximum atomic E-state index is 13.0. The number of amides is 1. The van der Waals surface area contributed by atoms with Gasteiger partial charge in [-0.3, -0.25) is 4.79 Å². The van der Waals surface area contributed by atoms with Crippen LogP contribution in [0.4, 0.5) is 0 Å². The molecule has 1 saturated heterocycles. The van der Waals surface area contributed by atoms with Crippen molar-refractivity contribution in [3.63, 3.8) is 0 Å². The molecule has 1 amide bonds. The highest BCUT2D eigenvalue weighted by atomic mass is 16.5. The Labute approximate surface area is 137 Å². The number of carbonyl (C=O) groups is 1. The van der Waals surface area contributed by atoms with E-state index in [-0.39, 0.29) is 11.9 Å². The summed E-state index contributed by atoms with van der Waals surface area (Å²) in [5.74, 6) is 0.994. The fraction of sp³-hybridized carbons (Fsp3) is 0.750. The van der Waals surface area contributed by atoms with Crippen LogP contribution in [-0.4, -0.2) is 78.2 Å². The third kappa shape index (κ3) is 3.73. The lowest BCUT2D eigenvalue weighted by molar-refractivity contribution is 0.0500. The first-order valence-electron chi connectivity index (χ1n) is 8.44. The third-order valence-electron chi connectivity index (χ3n) is 4.82. The number of aromatic nitrogens is 2. The average molecular weight is 321 g/mol. The van der Waals surface area contributed by atoms with E-state index < -0.39 is 0 Å². The lowest BCUT2D eigenvalue weighted by Gasteiger charge is -2.37. The molecule has 128 valence electrons. The first-order chi connectivity index (χ1) is 11.2. The van der Waals surface area contributed by atoms with Gasteiger partial charge in [0.25, 0.3) is 5.91 Å². The molecule has 7 nitrogen and oxygen atoms in total. The highest BCUT2D eigenvalue weighted by Crippen LogP contribution is 2.18. The zero-order chi connectivity index (χ0) is 16.2. The molecule has 3 rings (SSSR count). The van der Waals surface area contributed by atoms with Crippen molar-refractivity contribution in [2.24, 2.45) is 0 Å². The fourth-order valence-electron chi connectivity index (χ4n) is 3.39. The van der Waals surface area contributed by atoms with Crippen LogP contribution in [-0.2, 0) is 17.8 Å². The van der Waals surface area contributed by atoms with Gasteiger partial charge in [-0.15, -0.1) is 0 Å². The number of imidazole rings is 1. The first kappa shape index (κ1) is 16.4. The molecule has 2 aliphatic heterocycles. The Morgan fingerprint density at radius 2 is 2.22 bits per heavy atom. The quantitative estimate of drug-likeness (QED) is 0.838. The van der Waals surface area contributed by atoms with Gasteiger partial charge in [0.1, 0.15) is 11.5 Å². The van der Waals surface area contributed by atoms with Gasteiger partial charge in [0, 0.05) is 39.0 Å². The third-order valence-corrected chi connectivity index (χ3v) is 4.82. The second kappa shape index (κ2) is 7.42. The molecule has 1 N–H and O–H groups in total. The van der Waals surface area contributed by atoms with Crippen LogP contribution in [0.25, 0.3) is 0 Å². The number of carbonyl (C=O) groups excluding carboxylic acids is 1. The van der Waals surface area contributed by atoms with Gasteiger partial charge in [0.15, 0.2) is 0 Å². The number of ether oxygens (including phenoxy) is 1. The Balaban J connectivity index is 1.75. The highest BCUT2D eigenvalue weighted by Gasteiger charge is 2.29. The van der Waals surface area contributed by atoms with Gasteiger partial charge >= 0.3 is 0 Å². The van der Waals surface area contributed by atoms with Crippen LogP contribution >= 0.6 is 0 Å². The Morgan fingerprint density at radius 3 is 2.91 bits per heavy atom. The number of likely N-dealkylation sites (tertiary alicyclic amines) is 1. The van der Waals surface area contributed by atoms with Crippen molar-refractivity contribution >= 4 is 5.91 Å². The van der Waals surface area contributed by atoms with Crippen LogP contribution in [0.1, 0.15) is 29.2 Å². The maximum Gasteiger partial charge on any atom is 0.274 e. The topological polar surface area (TPSA) is 62.6 Å². The molecular weight excluding hydrogens is 294 g/mol. The minimum atomic E-state index is 0.0403. The maximum absolute atomic E-state index is 13.0. The standard InChI is InChI=1S/C16H27N5O2/c1-19-6-3-13(4-7-19)21(9-10-23-2)16(22)14-12-20-8-5-17-11-15(20)18-14/h12-13,17H,3-11H2,1-2H3. The van der Waals surface area contributed by atoms with Gasteiger partial charge < -0.3 is 24.4 Å². The summed E-state index contributed by atoms with van der Waals surface area (Å²) in [7, 11) is 3.81. The van der Waals surface area contributed by atoms with Crippen LogP contribution in [0.15, 0.2) is 6.20 Å². The van der Waals surface area contributed by atoms with E-state index in [1.54, 1.807) is 7.11 Å². The zero-order valence-corrected chi connectivity index (χ0v) is 14.1. The van der Waals surface area contributed by atoms with Gasteiger partial charge in [0.2, 0.25) is 0 Å². The average Bonchev–Trinajstić information content (AvgIpc) is 3.00. The van der Waals surface area contributed by atoms with Crippen LogP contribution in [0.2, 0.25) is 0 Å². The van der Waals surface area contributed by atoms with E-state index in [2.05, 4.69) is 26.8 Å². The summed E-state index contributed by atoms with van der Waals surface area (Å²) in [5, 5.41) is 3.29. The zero-order valence-electron chi connectivity index (χ0n) is 14.1. The van der Waals surface area contributed by atoms with Crippen LogP contribution in [0.5, 0.6) is 0 Å². The minimum Gasteiger partial charge on any atom is -0.383 e. The van der Waals surface area contributed by atoms with E-state index in [1.807, 2.05) is 11.1 Å². The van der Waals surface area contributed by atoms with Gasteiger partial charge in [-0.2, -0.15) is 0 Å². The van der Waals surface area contributed by atoms with Crippen molar-refractivity contribution in [2.45, 2.75) is 32.0 Å². The summed E-state index contributed by atoms with van der Waals surface area (Å²) in [4.78, 5) is 21.8. The predicted octanol–water partition coefficient (Wildman–Crippen LogP) is 0.169. The summed E-state index contributed by atoms with van der Waals surface area (Å²) in [6.45, 7) is 5.80. The smallest absolute Gasteiger partial charge is 0.274 e. The van der Waals surface area contributed by atoms with E-state index in [1.165, 1.54) is 0 Å². The molecule has 23 heavy (non-hydrogen) atoms. The highest BCUT2D eigenvalue weighted by molar-refractivity contribution is 5.92. The molecule has 1 aromatic rings. The summed E-state index contributed by atoms with van der Waals surface area (Å²) in [5.41, 5.74) is 0.568. The molecule has 0 saturated carbocycles. The molecule has 0 aliphatic carbocycles. The molecule has 1 fully saturated rings. The molecular formula is C16H27N5O2. The largest absolute Gasteiger partial charge is 0.383 e. The second-order valence-electron chi connectivity index (χ2n) is 6.44. The number of nitrogens with one attached hydrogen (secondary N) is 1. The van der Waals surface area contributed by atoms with E-state index in [0.29, 0.717) is 18.8 Å². The number of methoxy groups -OCH3 is 1. The molecule has 0 aromatic carbocycles. The summed E-state index contributed by atoms with van der Waals surface area (Å²) in [6.07, 6.45) is 3.94. The summed E-state index contributed by atoms with van der Waals surface area (Å²) < 4.78 is 7.30. The number of nitrogens with zero attached hydrogens (tertiary/aromatic N) is 4. The van der Waals surface area contributed by atoms with Crippen molar-refractivity contribution in [2.75, 3.05) is 46.9 Å². The Morgan fingerprint density at radius 1 is 1.43 bits per heavy atom. The van der Waals surface area contributed by atoms with E-state index in [0.717, 1.165) is 51.4 Å². The van der Waals surface area contributed by atoms with Gasteiger partial charge in [0.05, 0.1) is 13.2 Å². The van der Waals surface area contributed by atoms with Crippen LogP contribution in [0, 0.1) is 0 Å².